The molecule has 0 saturated heterocycles. The minimum absolute atomic E-state index is 0.186. The van der Waals surface area contributed by atoms with E-state index in [9.17, 15) is 4.79 Å². The Kier molecular flexibility index (Phi) is 5.01. The van der Waals surface area contributed by atoms with Crippen molar-refractivity contribution in [2.45, 2.75) is 32.2 Å². The molecule has 0 amide bonds. The number of esters is 1. The van der Waals surface area contributed by atoms with E-state index in [1.807, 2.05) is 0 Å². The predicted octanol–water partition coefficient (Wildman–Crippen LogP) is 1.90. The van der Waals surface area contributed by atoms with Gasteiger partial charge in [0.15, 0.2) is 0 Å². The minimum Gasteiger partial charge on any atom is -0.468 e. The summed E-state index contributed by atoms with van der Waals surface area (Å²) < 4.78 is 4.81. The summed E-state index contributed by atoms with van der Waals surface area (Å²) in [6.45, 7) is 4.07. The molecule has 110 valence electrons. The zero-order valence-corrected chi connectivity index (χ0v) is 12.6. The number of benzene rings is 1. The van der Waals surface area contributed by atoms with Gasteiger partial charge in [0.05, 0.1) is 7.11 Å². The molecule has 0 radical (unpaired) electrons. The van der Waals surface area contributed by atoms with E-state index in [1.165, 1.54) is 30.3 Å². The normalized spacial score (nSPS) is 15.7. The van der Waals surface area contributed by atoms with Crippen molar-refractivity contribution in [1.82, 2.24) is 5.32 Å². The average Bonchev–Trinajstić information content (AvgIpc) is 2.47. The zero-order chi connectivity index (χ0) is 14.5. The Hall–Kier alpha value is -1.55. The first-order valence-electron chi connectivity index (χ1n) is 7.25. The van der Waals surface area contributed by atoms with E-state index in [2.05, 4.69) is 35.3 Å². The maximum absolute atomic E-state index is 11.6. The van der Waals surface area contributed by atoms with Gasteiger partial charge in [0.1, 0.15) is 6.04 Å². The number of rotatable bonds is 5. The lowest BCUT2D eigenvalue weighted by Crippen LogP contribution is -2.40. The van der Waals surface area contributed by atoms with Gasteiger partial charge in [-0.1, -0.05) is 17.7 Å². The molecule has 1 atom stereocenters. The number of nitrogens with zero attached hydrogens (tertiary/aromatic N) is 1. The second-order valence-corrected chi connectivity index (χ2v) is 5.38. The first-order valence-corrected chi connectivity index (χ1v) is 7.25. The van der Waals surface area contributed by atoms with Crippen molar-refractivity contribution in [2.75, 3.05) is 32.1 Å². The Morgan fingerprint density at radius 2 is 2.30 bits per heavy atom. The highest BCUT2D eigenvalue weighted by Crippen LogP contribution is 2.28. The van der Waals surface area contributed by atoms with Crippen LogP contribution in [0.25, 0.3) is 0 Å². The van der Waals surface area contributed by atoms with E-state index in [0.29, 0.717) is 0 Å². The minimum atomic E-state index is -0.226. The van der Waals surface area contributed by atoms with Gasteiger partial charge in [0.25, 0.3) is 0 Å². The topological polar surface area (TPSA) is 41.6 Å². The molecule has 1 aliphatic heterocycles. The SMILES string of the molecule is CNC(CCN1CCCc2cc(C)ccc21)C(=O)OC. The highest BCUT2D eigenvalue weighted by molar-refractivity contribution is 5.75. The number of methoxy groups -OCH3 is 1. The van der Waals surface area contributed by atoms with Crippen molar-refractivity contribution in [3.05, 3.63) is 29.3 Å². The van der Waals surface area contributed by atoms with E-state index in [-0.39, 0.29) is 12.0 Å². The molecule has 1 aliphatic rings. The summed E-state index contributed by atoms with van der Waals surface area (Å²) in [6, 6.07) is 6.41. The van der Waals surface area contributed by atoms with Crippen LogP contribution in [0.4, 0.5) is 5.69 Å². The molecule has 0 saturated carbocycles. The first kappa shape index (κ1) is 14.9. The maximum Gasteiger partial charge on any atom is 0.322 e. The quantitative estimate of drug-likeness (QED) is 0.834. The van der Waals surface area contributed by atoms with Gasteiger partial charge in [-0.25, -0.2) is 0 Å². The monoisotopic (exact) mass is 276 g/mol. The molecule has 1 heterocycles. The summed E-state index contributed by atoms with van der Waals surface area (Å²) in [5, 5.41) is 3.02. The lowest BCUT2D eigenvalue weighted by atomic mass is 9.99. The van der Waals surface area contributed by atoms with Crippen LogP contribution in [0.3, 0.4) is 0 Å². The second kappa shape index (κ2) is 6.75. The van der Waals surface area contributed by atoms with Crippen molar-refractivity contribution >= 4 is 11.7 Å². The van der Waals surface area contributed by atoms with E-state index in [1.54, 1.807) is 7.05 Å². The molecule has 1 unspecified atom stereocenters. The third kappa shape index (κ3) is 3.31. The lowest BCUT2D eigenvalue weighted by Gasteiger charge is -2.32. The van der Waals surface area contributed by atoms with Gasteiger partial charge in [-0.05, 0) is 44.9 Å². The second-order valence-electron chi connectivity index (χ2n) is 5.38. The summed E-state index contributed by atoms with van der Waals surface area (Å²) in [7, 11) is 3.24. The molecule has 2 rings (SSSR count). The summed E-state index contributed by atoms with van der Waals surface area (Å²) in [5.41, 5.74) is 4.06. The Morgan fingerprint density at radius 3 is 3.00 bits per heavy atom. The van der Waals surface area contributed by atoms with Crippen LogP contribution < -0.4 is 10.2 Å². The predicted molar refractivity (Wildman–Crippen MR) is 81.2 cm³/mol. The Balaban J connectivity index is 2.03. The molecule has 0 fully saturated rings. The summed E-state index contributed by atoms with van der Waals surface area (Å²) in [4.78, 5) is 14.0. The molecule has 4 heteroatoms. The van der Waals surface area contributed by atoms with Crippen LogP contribution in [0.5, 0.6) is 0 Å². The van der Waals surface area contributed by atoms with Crippen molar-refractivity contribution < 1.29 is 9.53 Å². The molecule has 20 heavy (non-hydrogen) atoms. The smallest absolute Gasteiger partial charge is 0.322 e. The number of anilines is 1. The Morgan fingerprint density at radius 1 is 1.50 bits per heavy atom. The standard InChI is InChI=1S/C16H24N2O2/c1-12-6-7-15-13(11-12)5-4-9-18(15)10-8-14(17-2)16(19)20-3/h6-7,11,14,17H,4-5,8-10H2,1-3H3. The fourth-order valence-corrected chi connectivity index (χ4v) is 2.84. The number of aryl methyl sites for hydroxylation is 2. The highest BCUT2D eigenvalue weighted by Gasteiger charge is 2.21. The number of nitrogens with one attached hydrogen (secondary N) is 1. The largest absolute Gasteiger partial charge is 0.468 e. The van der Waals surface area contributed by atoms with Crippen molar-refractivity contribution in [2.24, 2.45) is 0 Å². The van der Waals surface area contributed by atoms with Crippen LogP contribution in [0.2, 0.25) is 0 Å². The van der Waals surface area contributed by atoms with Gasteiger partial charge in [0, 0.05) is 18.8 Å². The van der Waals surface area contributed by atoms with E-state index < -0.39 is 0 Å². The van der Waals surface area contributed by atoms with Gasteiger partial charge < -0.3 is 15.0 Å². The van der Waals surface area contributed by atoms with Crippen LogP contribution in [-0.2, 0) is 16.0 Å². The van der Waals surface area contributed by atoms with E-state index in [4.69, 9.17) is 4.74 Å². The highest BCUT2D eigenvalue weighted by atomic mass is 16.5. The molecule has 4 nitrogen and oxygen atoms in total. The lowest BCUT2D eigenvalue weighted by molar-refractivity contribution is -0.143. The van der Waals surface area contributed by atoms with Gasteiger partial charge in [-0.2, -0.15) is 0 Å². The number of ether oxygens (including phenoxy) is 1. The molecule has 0 aliphatic carbocycles. The van der Waals surface area contributed by atoms with Gasteiger partial charge >= 0.3 is 5.97 Å². The summed E-state index contributed by atoms with van der Waals surface area (Å²) >= 11 is 0. The third-order valence-electron chi connectivity index (χ3n) is 3.97. The molecule has 1 N–H and O–H groups in total. The Bertz CT molecular complexity index is 474. The van der Waals surface area contributed by atoms with Gasteiger partial charge in [-0.15, -0.1) is 0 Å². The zero-order valence-electron chi connectivity index (χ0n) is 12.6. The molecule has 0 aromatic heterocycles. The molecule has 0 spiro atoms. The van der Waals surface area contributed by atoms with Crippen molar-refractivity contribution in [1.29, 1.82) is 0 Å². The molecular formula is C16H24N2O2. The summed E-state index contributed by atoms with van der Waals surface area (Å²) in [5.74, 6) is -0.186. The number of carbonyl (C=O) groups is 1. The Labute approximate surface area is 121 Å². The molecule has 1 aromatic rings. The number of likely N-dealkylation sites (N-methyl/N-ethyl adjacent to an activating group) is 1. The van der Waals surface area contributed by atoms with Crippen molar-refractivity contribution in [3.8, 4) is 0 Å². The van der Waals surface area contributed by atoms with Crippen LogP contribution in [0.15, 0.2) is 18.2 Å². The van der Waals surface area contributed by atoms with Crippen LogP contribution in [0.1, 0.15) is 24.0 Å². The number of hydrogen-bond acceptors (Lipinski definition) is 4. The first-order chi connectivity index (χ1) is 9.65. The average molecular weight is 276 g/mol. The van der Waals surface area contributed by atoms with E-state index >= 15 is 0 Å². The fraction of sp³-hybridized carbons (Fsp3) is 0.562. The van der Waals surface area contributed by atoms with Crippen LogP contribution >= 0.6 is 0 Å². The number of hydrogen-bond donors (Lipinski definition) is 1. The fourth-order valence-electron chi connectivity index (χ4n) is 2.84. The van der Waals surface area contributed by atoms with E-state index in [0.717, 1.165) is 25.9 Å². The number of fused-ring (bicyclic) bond motifs is 1. The maximum atomic E-state index is 11.6. The third-order valence-corrected chi connectivity index (χ3v) is 3.97. The summed E-state index contributed by atoms with van der Waals surface area (Å²) in [6.07, 6.45) is 3.09. The van der Waals surface area contributed by atoms with Gasteiger partial charge in [0.2, 0.25) is 0 Å². The molecule has 1 aromatic carbocycles. The van der Waals surface area contributed by atoms with Crippen LogP contribution in [0, 0.1) is 6.92 Å². The van der Waals surface area contributed by atoms with Crippen molar-refractivity contribution in [3.63, 3.8) is 0 Å². The molecule has 0 bridgehead atoms. The molecular weight excluding hydrogens is 252 g/mol. The van der Waals surface area contributed by atoms with Crippen LogP contribution in [-0.4, -0.2) is 39.3 Å². The van der Waals surface area contributed by atoms with Gasteiger partial charge in [-0.3, -0.25) is 4.79 Å². The number of carbonyl (C=O) groups excluding carboxylic acids is 1.